The Morgan fingerprint density at radius 3 is 2.42 bits per heavy atom. The molecule has 2 aromatic carbocycles. The molecule has 0 radical (unpaired) electrons. The van der Waals surface area contributed by atoms with Gasteiger partial charge in [0, 0.05) is 17.5 Å². The highest BCUT2D eigenvalue weighted by Gasteiger charge is 2.55. The van der Waals surface area contributed by atoms with Crippen LogP contribution in [-0.4, -0.2) is 36.1 Å². The van der Waals surface area contributed by atoms with Crippen molar-refractivity contribution in [2.24, 2.45) is 11.8 Å². The highest BCUT2D eigenvalue weighted by molar-refractivity contribution is 6.27. The molecule has 170 valence electrons. The highest BCUT2D eigenvalue weighted by atomic mass is 35.5. The molecule has 2 aromatic rings. The second-order valence-corrected chi connectivity index (χ2v) is 10.2. The molecule has 2 fully saturated rings. The maximum absolute atomic E-state index is 12.8. The zero-order valence-corrected chi connectivity index (χ0v) is 19.1. The minimum Gasteiger partial charge on any atom is -0.449 e. The minimum atomic E-state index is -0.357. The summed E-state index contributed by atoms with van der Waals surface area (Å²) < 4.78 is 5.78. The highest BCUT2D eigenvalue weighted by Crippen LogP contribution is 2.56. The van der Waals surface area contributed by atoms with E-state index in [1.807, 2.05) is 12.1 Å². The molecular weight excluding hydrogens is 436 g/mol. The van der Waals surface area contributed by atoms with Gasteiger partial charge in [0.15, 0.2) is 0 Å². The third kappa shape index (κ3) is 3.45. The first-order chi connectivity index (χ1) is 16.1. The second kappa shape index (κ2) is 7.91. The average Bonchev–Trinajstić information content (AvgIpc) is 3.43. The zero-order valence-electron chi connectivity index (χ0n) is 18.4. The Hall–Kier alpha value is -2.79. The Morgan fingerprint density at radius 2 is 1.73 bits per heavy atom. The summed E-state index contributed by atoms with van der Waals surface area (Å²) in [5.74, 6) is 0.672. The smallest absolute Gasteiger partial charge is 0.407 e. The van der Waals surface area contributed by atoms with Gasteiger partial charge in [0.1, 0.15) is 12.5 Å². The number of carbonyl (C=O) groups is 2. The van der Waals surface area contributed by atoms with Gasteiger partial charge in [-0.1, -0.05) is 60.2 Å². The lowest BCUT2D eigenvalue weighted by Gasteiger charge is -2.34. The standard InChI is InChI=1S/C27H27ClN2O3/c28-14-25(31)30-27-10-9-16-11-24(22(13-27)21(16)12-27)29-26(32)33-15-23-19-7-3-1-5-17(19)18-6-2-4-8-20(18)23/h1-9,21-24H,10-15H2,(H,29,32)(H,30,31). The van der Waals surface area contributed by atoms with Crippen molar-refractivity contribution < 1.29 is 14.3 Å². The molecule has 2 amide bonds. The van der Waals surface area contributed by atoms with E-state index >= 15 is 0 Å². The quantitative estimate of drug-likeness (QED) is 0.498. The van der Waals surface area contributed by atoms with Crippen molar-refractivity contribution in [1.29, 1.82) is 0 Å². The average molecular weight is 463 g/mol. The summed E-state index contributed by atoms with van der Waals surface area (Å²) in [7, 11) is 0. The van der Waals surface area contributed by atoms with E-state index in [0.29, 0.717) is 18.4 Å². The van der Waals surface area contributed by atoms with Crippen LogP contribution >= 0.6 is 11.6 Å². The lowest BCUT2D eigenvalue weighted by molar-refractivity contribution is -0.120. The van der Waals surface area contributed by atoms with Gasteiger partial charge in [-0.2, -0.15) is 0 Å². The van der Waals surface area contributed by atoms with E-state index in [-0.39, 0.29) is 35.4 Å². The molecule has 0 heterocycles. The van der Waals surface area contributed by atoms with Gasteiger partial charge in [0.05, 0.1) is 0 Å². The number of alkyl carbamates (subject to hydrolysis) is 1. The molecule has 5 nitrogen and oxygen atoms in total. The number of alkyl halides is 1. The van der Waals surface area contributed by atoms with Crippen molar-refractivity contribution in [2.45, 2.75) is 43.2 Å². The summed E-state index contributed by atoms with van der Waals surface area (Å²) in [5.41, 5.74) is 6.06. The van der Waals surface area contributed by atoms with E-state index in [2.05, 4.69) is 53.1 Å². The number of halogens is 1. The third-order valence-corrected chi connectivity index (χ3v) is 8.37. The van der Waals surface area contributed by atoms with Crippen LogP contribution < -0.4 is 10.6 Å². The van der Waals surface area contributed by atoms with E-state index < -0.39 is 0 Å². The van der Waals surface area contributed by atoms with Gasteiger partial charge in [-0.05, 0) is 59.8 Å². The molecule has 4 atom stereocenters. The zero-order chi connectivity index (χ0) is 22.6. The molecule has 4 unspecified atom stereocenters. The van der Waals surface area contributed by atoms with Gasteiger partial charge in [-0.3, -0.25) is 4.79 Å². The van der Waals surface area contributed by atoms with Crippen molar-refractivity contribution in [3.63, 3.8) is 0 Å². The van der Waals surface area contributed by atoms with Gasteiger partial charge in [0.25, 0.3) is 0 Å². The van der Waals surface area contributed by atoms with Crippen LogP contribution in [-0.2, 0) is 9.53 Å². The predicted molar refractivity (Wildman–Crippen MR) is 127 cm³/mol. The van der Waals surface area contributed by atoms with Gasteiger partial charge in [0.2, 0.25) is 5.91 Å². The molecule has 0 aliphatic heterocycles. The molecule has 33 heavy (non-hydrogen) atoms. The maximum Gasteiger partial charge on any atom is 0.407 e. The van der Waals surface area contributed by atoms with Crippen molar-refractivity contribution in [2.75, 3.05) is 12.5 Å². The first-order valence-corrected chi connectivity index (χ1v) is 12.3. The fraction of sp³-hybridized carbons (Fsp3) is 0.407. The first kappa shape index (κ1) is 20.8. The van der Waals surface area contributed by atoms with Crippen LogP contribution in [0.25, 0.3) is 11.1 Å². The van der Waals surface area contributed by atoms with Gasteiger partial charge < -0.3 is 15.4 Å². The fourth-order valence-electron chi connectivity index (χ4n) is 6.79. The van der Waals surface area contributed by atoms with E-state index in [0.717, 1.165) is 25.7 Å². The van der Waals surface area contributed by atoms with Crippen LogP contribution in [0.2, 0.25) is 0 Å². The lowest BCUT2D eigenvalue weighted by atomic mass is 9.83. The van der Waals surface area contributed by atoms with E-state index in [9.17, 15) is 9.59 Å². The number of ether oxygens (including phenoxy) is 1. The van der Waals surface area contributed by atoms with Crippen LogP contribution in [0.3, 0.4) is 0 Å². The molecule has 2 saturated carbocycles. The van der Waals surface area contributed by atoms with E-state index in [4.69, 9.17) is 16.3 Å². The number of hydrogen-bond donors (Lipinski definition) is 2. The Balaban J connectivity index is 1.12. The minimum absolute atomic E-state index is 0.0188. The normalized spacial score (nSPS) is 28.6. The van der Waals surface area contributed by atoms with E-state index in [1.54, 1.807) is 0 Å². The number of carbonyl (C=O) groups excluding carboxylic acids is 2. The van der Waals surface area contributed by atoms with Crippen molar-refractivity contribution in [3.8, 4) is 11.1 Å². The van der Waals surface area contributed by atoms with Crippen LogP contribution in [0.1, 0.15) is 42.7 Å². The van der Waals surface area contributed by atoms with Crippen LogP contribution in [0, 0.1) is 11.8 Å². The summed E-state index contributed by atoms with van der Waals surface area (Å²) >= 11 is 5.73. The molecule has 6 rings (SSSR count). The summed E-state index contributed by atoms with van der Waals surface area (Å²) in [6.07, 6.45) is 5.45. The number of hydrogen-bond acceptors (Lipinski definition) is 3. The molecule has 4 aliphatic carbocycles. The summed E-state index contributed by atoms with van der Waals surface area (Å²) in [6.45, 7) is 0.319. The molecule has 2 N–H and O–H groups in total. The van der Waals surface area contributed by atoms with Gasteiger partial charge in [-0.15, -0.1) is 11.6 Å². The summed E-state index contributed by atoms with van der Waals surface area (Å²) in [4.78, 5) is 24.8. The summed E-state index contributed by atoms with van der Waals surface area (Å²) in [5, 5.41) is 6.30. The first-order valence-electron chi connectivity index (χ1n) is 11.7. The molecular formula is C27H27ClN2O3. The largest absolute Gasteiger partial charge is 0.449 e. The second-order valence-electron chi connectivity index (χ2n) is 9.90. The monoisotopic (exact) mass is 462 g/mol. The maximum atomic E-state index is 12.8. The van der Waals surface area contributed by atoms with Crippen molar-refractivity contribution in [1.82, 2.24) is 10.6 Å². The molecule has 2 bridgehead atoms. The number of nitrogens with one attached hydrogen (secondary N) is 2. The number of benzene rings is 2. The van der Waals surface area contributed by atoms with Crippen molar-refractivity contribution >= 4 is 23.6 Å². The van der Waals surface area contributed by atoms with Gasteiger partial charge >= 0.3 is 6.09 Å². The fourth-order valence-corrected chi connectivity index (χ4v) is 6.86. The molecule has 4 aliphatic rings. The van der Waals surface area contributed by atoms with E-state index in [1.165, 1.54) is 27.8 Å². The Morgan fingerprint density at radius 1 is 1.03 bits per heavy atom. The van der Waals surface area contributed by atoms with Crippen LogP contribution in [0.5, 0.6) is 0 Å². The molecule has 6 heteroatoms. The van der Waals surface area contributed by atoms with Crippen molar-refractivity contribution in [3.05, 3.63) is 71.3 Å². The third-order valence-electron chi connectivity index (χ3n) is 8.13. The Labute approximate surface area is 198 Å². The number of fused-ring (bicyclic) bond motifs is 4. The van der Waals surface area contributed by atoms with Gasteiger partial charge in [-0.25, -0.2) is 4.79 Å². The molecule has 0 spiro atoms. The predicted octanol–water partition coefficient (Wildman–Crippen LogP) is 4.75. The topological polar surface area (TPSA) is 67.4 Å². The molecule has 0 saturated heterocycles. The summed E-state index contributed by atoms with van der Waals surface area (Å²) in [6, 6.07) is 16.7. The number of rotatable bonds is 5. The molecule has 0 aromatic heterocycles. The Kier molecular flexibility index (Phi) is 4.98. The van der Waals surface area contributed by atoms with Crippen LogP contribution in [0.15, 0.2) is 60.2 Å². The SMILES string of the molecule is O=C(CCl)NC12CC=C3CC(NC(=O)OCC4c5ccccc5-c5ccccc54)C(C1)C3C2. The Bertz CT molecular complexity index is 1120. The van der Waals surface area contributed by atoms with Crippen LogP contribution in [0.4, 0.5) is 4.79 Å². The number of amides is 2. The lowest BCUT2D eigenvalue weighted by Crippen LogP contribution is -2.49.